The molecule has 0 saturated heterocycles. The van der Waals surface area contributed by atoms with E-state index in [9.17, 15) is 9.59 Å². The van der Waals surface area contributed by atoms with Crippen molar-refractivity contribution in [2.75, 3.05) is 5.32 Å². The largest absolute Gasteiger partial charge is 0.478 e. The van der Waals surface area contributed by atoms with Crippen molar-refractivity contribution in [3.63, 3.8) is 0 Å². The van der Waals surface area contributed by atoms with Crippen LogP contribution < -0.4 is 11.1 Å². The van der Waals surface area contributed by atoms with E-state index in [1.54, 1.807) is 0 Å². The zero-order chi connectivity index (χ0) is 14.4. The molecule has 0 saturated carbocycles. The minimum Gasteiger partial charge on any atom is -0.478 e. The highest BCUT2D eigenvalue weighted by Gasteiger charge is 2.17. The Morgan fingerprint density at radius 2 is 2.16 bits per heavy atom. The van der Waals surface area contributed by atoms with Gasteiger partial charge in [0.15, 0.2) is 0 Å². The Bertz CT molecular complexity index is 477. The molecular weight excluding hydrogens is 268 g/mol. The number of hydrogen-bond acceptors (Lipinski definition) is 3. The van der Waals surface area contributed by atoms with Gasteiger partial charge in [0.05, 0.1) is 17.3 Å². The number of carbonyl (C=O) groups is 2. The fourth-order valence-corrected chi connectivity index (χ4v) is 1.76. The van der Waals surface area contributed by atoms with Gasteiger partial charge in [-0.2, -0.15) is 0 Å². The number of unbranched alkanes of at least 4 members (excludes halogenated alkanes) is 1. The monoisotopic (exact) mass is 284 g/mol. The zero-order valence-corrected chi connectivity index (χ0v) is 11.4. The van der Waals surface area contributed by atoms with Gasteiger partial charge in [0, 0.05) is 5.02 Å². The SMILES string of the molecule is CCCC[C@H](N)C(=O)Nc1cc(Cl)ccc1C(=O)O. The first-order valence-electron chi connectivity index (χ1n) is 6.05. The first kappa shape index (κ1) is 15.5. The fourth-order valence-electron chi connectivity index (χ4n) is 1.59. The molecule has 0 fully saturated rings. The van der Waals surface area contributed by atoms with Crippen molar-refractivity contribution in [1.82, 2.24) is 0 Å². The van der Waals surface area contributed by atoms with Crippen LogP contribution in [-0.4, -0.2) is 23.0 Å². The third-order valence-corrected chi connectivity index (χ3v) is 2.91. The number of carboxylic acid groups (broad SMARTS) is 1. The smallest absolute Gasteiger partial charge is 0.337 e. The molecule has 1 aromatic rings. The van der Waals surface area contributed by atoms with E-state index in [-0.39, 0.29) is 11.3 Å². The van der Waals surface area contributed by atoms with E-state index in [1.807, 2.05) is 6.92 Å². The minimum absolute atomic E-state index is 0.0135. The zero-order valence-electron chi connectivity index (χ0n) is 10.6. The highest BCUT2D eigenvalue weighted by Crippen LogP contribution is 2.21. The molecule has 1 amide bonds. The number of halogens is 1. The maximum Gasteiger partial charge on any atom is 0.337 e. The molecule has 0 radical (unpaired) electrons. The van der Waals surface area contributed by atoms with Gasteiger partial charge in [-0.25, -0.2) is 4.79 Å². The third kappa shape index (κ3) is 4.54. The topological polar surface area (TPSA) is 92.4 Å². The van der Waals surface area contributed by atoms with Gasteiger partial charge in [0.25, 0.3) is 0 Å². The molecule has 0 heterocycles. The highest BCUT2D eigenvalue weighted by molar-refractivity contribution is 6.31. The van der Waals surface area contributed by atoms with E-state index in [4.69, 9.17) is 22.4 Å². The molecular formula is C13H17ClN2O3. The predicted octanol–water partition coefficient (Wildman–Crippen LogP) is 2.49. The maximum atomic E-state index is 11.8. The molecule has 0 unspecified atom stereocenters. The third-order valence-electron chi connectivity index (χ3n) is 2.68. The standard InChI is InChI=1S/C13H17ClN2O3/c1-2-3-4-10(15)12(17)16-11-7-8(14)5-6-9(11)13(18)19/h5-7,10H,2-4,15H2,1H3,(H,16,17)(H,18,19)/t10-/m0/s1. The minimum atomic E-state index is -1.13. The summed E-state index contributed by atoms with van der Waals surface area (Å²) >= 11 is 5.79. The lowest BCUT2D eigenvalue weighted by Crippen LogP contribution is -2.35. The molecule has 1 atom stereocenters. The number of carboxylic acids is 1. The van der Waals surface area contributed by atoms with Crippen LogP contribution in [0.3, 0.4) is 0 Å². The number of benzene rings is 1. The summed E-state index contributed by atoms with van der Waals surface area (Å²) in [7, 11) is 0. The van der Waals surface area contributed by atoms with Gasteiger partial charge in [-0.15, -0.1) is 0 Å². The number of anilines is 1. The fraction of sp³-hybridized carbons (Fsp3) is 0.385. The number of nitrogens with one attached hydrogen (secondary N) is 1. The maximum absolute atomic E-state index is 11.8. The summed E-state index contributed by atoms with van der Waals surface area (Å²) in [6, 6.07) is 3.55. The van der Waals surface area contributed by atoms with E-state index in [2.05, 4.69) is 5.32 Å². The van der Waals surface area contributed by atoms with Gasteiger partial charge >= 0.3 is 5.97 Å². The average molecular weight is 285 g/mol. The van der Waals surface area contributed by atoms with Gasteiger partial charge in [0.1, 0.15) is 0 Å². The van der Waals surface area contributed by atoms with E-state index in [0.717, 1.165) is 12.8 Å². The van der Waals surface area contributed by atoms with E-state index in [1.165, 1.54) is 18.2 Å². The van der Waals surface area contributed by atoms with Crippen molar-refractivity contribution >= 4 is 29.2 Å². The van der Waals surface area contributed by atoms with Crippen molar-refractivity contribution in [3.05, 3.63) is 28.8 Å². The van der Waals surface area contributed by atoms with Crippen molar-refractivity contribution in [3.8, 4) is 0 Å². The predicted molar refractivity (Wildman–Crippen MR) is 74.5 cm³/mol. The van der Waals surface area contributed by atoms with Crippen molar-refractivity contribution < 1.29 is 14.7 Å². The van der Waals surface area contributed by atoms with Gasteiger partial charge < -0.3 is 16.2 Å². The first-order valence-corrected chi connectivity index (χ1v) is 6.42. The molecule has 1 aromatic carbocycles. The lowest BCUT2D eigenvalue weighted by molar-refractivity contribution is -0.117. The van der Waals surface area contributed by atoms with Crippen molar-refractivity contribution in [1.29, 1.82) is 0 Å². The Kier molecular flexibility index (Phi) is 5.79. The quantitative estimate of drug-likeness (QED) is 0.748. The summed E-state index contributed by atoms with van der Waals surface area (Å²) in [6.07, 6.45) is 2.35. The lowest BCUT2D eigenvalue weighted by atomic mass is 10.1. The number of rotatable bonds is 6. The molecule has 0 aliphatic heterocycles. The molecule has 0 aliphatic carbocycles. The van der Waals surface area contributed by atoms with Gasteiger partial charge in [-0.3, -0.25) is 4.79 Å². The van der Waals surface area contributed by atoms with Crippen LogP contribution in [0.25, 0.3) is 0 Å². The van der Waals surface area contributed by atoms with Crippen LogP contribution in [0.2, 0.25) is 5.02 Å². The number of amides is 1. The Balaban J connectivity index is 2.83. The Morgan fingerprint density at radius 3 is 2.74 bits per heavy atom. The van der Waals surface area contributed by atoms with Crippen LogP contribution in [0.1, 0.15) is 36.5 Å². The van der Waals surface area contributed by atoms with E-state index >= 15 is 0 Å². The van der Waals surface area contributed by atoms with Crippen LogP contribution in [0.5, 0.6) is 0 Å². The molecule has 19 heavy (non-hydrogen) atoms. The highest BCUT2D eigenvalue weighted by atomic mass is 35.5. The van der Waals surface area contributed by atoms with Crippen LogP contribution in [-0.2, 0) is 4.79 Å². The molecule has 104 valence electrons. The molecule has 1 rings (SSSR count). The Labute approximate surface area is 116 Å². The lowest BCUT2D eigenvalue weighted by Gasteiger charge is -2.13. The van der Waals surface area contributed by atoms with Gasteiger partial charge in [0.2, 0.25) is 5.91 Å². The van der Waals surface area contributed by atoms with E-state index < -0.39 is 17.9 Å². The summed E-state index contributed by atoms with van der Waals surface area (Å²) in [5, 5.41) is 11.9. The van der Waals surface area contributed by atoms with E-state index in [0.29, 0.717) is 11.4 Å². The molecule has 4 N–H and O–H groups in total. The molecule has 0 bridgehead atoms. The second-order valence-electron chi connectivity index (χ2n) is 4.23. The summed E-state index contributed by atoms with van der Waals surface area (Å²) in [6.45, 7) is 2.00. The number of nitrogens with two attached hydrogens (primary N) is 1. The number of carbonyl (C=O) groups excluding carboxylic acids is 1. The second kappa shape index (κ2) is 7.11. The van der Waals surface area contributed by atoms with Gasteiger partial charge in [-0.1, -0.05) is 31.4 Å². The van der Waals surface area contributed by atoms with Crippen LogP contribution in [0.4, 0.5) is 5.69 Å². The molecule has 6 heteroatoms. The normalized spacial score (nSPS) is 11.9. The molecule has 0 aliphatic rings. The van der Waals surface area contributed by atoms with Crippen molar-refractivity contribution in [2.45, 2.75) is 32.2 Å². The van der Waals surface area contributed by atoms with Crippen molar-refractivity contribution in [2.24, 2.45) is 5.73 Å². The second-order valence-corrected chi connectivity index (χ2v) is 4.67. The summed E-state index contributed by atoms with van der Waals surface area (Å²) in [5.74, 6) is -1.53. The molecule has 0 spiro atoms. The first-order chi connectivity index (χ1) is 8.95. The summed E-state index contributed by atoms with van der Waals surface area (Å²) in [4.78, 5) is 22.9. The van der Waals surface area contributed by atoms with Crippen LogP contribution in [0.15, 0.2) is 18.2 Å². The Morgan fingerprint density at radius 1 is 1.47 bits per heavy atom. The summed E-state index contributed by atoms with van der Waals surface area (Å²) in [5.41, 5.74) is 5.87. The average Bonchev–Trinajstić information content (AvgIpc) is 2.35. The summed E-state index contributed by atoms with van der Waals surface area (Å²) < 4.78 is 0. The molecule has 0 aromatic heterocycles. The number of hydrogen-bond donors (Lipinski definition) is 3. The number of aromatic carboxylic acids is 1. The van der Waals surface area contributed by atoms with Crippen LogP contribution in [0, 0.1) is 0 Å². The Hall–Kier alpha value is -1.59. The van der Waals surface area contributed by atoms with Crippen LogP contribution >= 0.6 is 11.6 Å². The molecule has 5 nitrogen and oxygen atoms in total. The van der Waals surface area contributed by atoms with Gasteiger partial charge in [-0.05, 0) is 24.6 Å².